The molecule has 0 bridgehead atoms. The molecule has 3 aliphatic heterocycles. The van der Waals surface area contributed by atoms with Crippen LogP contribution in [0, 0.1) is 0 Å². The number of hydrogen-bond donors (Lipinski definition) is 2. The minimum absolute atomic E-state index is 0.0137. The van der Waals surface area contributed by atoms with Crippen LogP contribution >= 0.6 is 0 Å². The van der Waals surface area contributed by atoms with Gasteiger partial charge in [0.15, 0.2) is 0 Å². The van der Waals surface area contributed by atoms with Crippen molar-refractivity contribution in [1.29, 1.82) is 0 Å². The molecule has 1 aromatic rings. The van der Waals surface area contributed by atoms with Gasteiger partial charge in [-0.15, -0.1) is 0 Å². The highest BCUT2D eigenvalue weighted by Gasteiger charge is 2.43. The maximum Gasteiger partial charge on any atom is 0.251 e. The van der Waals surface area contributed by atoms with Crippen LogP contribution in [0.25, 0.3) is 0 Å². The van der Waals surface area contributed by atoms with Crippen LogP contribution in [0.4, 0.5) is 0 Å². The summed E-state index contributed by atoms with van der Waals surface area (Å²) in [7, 11) is 1.59. The van der Waals surface area contributed by atoms with Gasteiger partial charge < -0.3 is 20.3 Å². The molecule has 8 nitrogen and oxygen atoms in total. The van der Waals surface area contributed by atoms with Gasteiger partial charge in [0.2, 0.25) is 11.8 Å². The second-order valence-corrected chi connectivity index (χ2v) is 8.73. The van der Waals surface area contributed by atoms with Gasteiger partial charge in [-0.3, -0.25) is 19.3 Å². The number of carbonyl (C=O) groups is 3. The normalized spacial score (nSPS) is 26.2. The Hall–Kier alpha value is -2.61. The van der Waals surface area contributed by atoms with Crippen molar-refractivity contribution in [3.8, 4) is 5.75 Å². The number of ether oxygens (including phenoxy) is 1. The number of piperazine rings is 1. The van der Waals surface area contributed by atoms with E-state index in [2.05, 4.69) is 15.5 Å². The van der Waals surface area contributed by atoms with Crippen LogP contribution in [0.1, 0.15) is 48.9 Å². The van der Waals surface area contributed by atoms with Gasteiger partial charge in [0.1, 0.15) is 5.75 Å². The number of fused-ring (bicyclic) bond motifs is 1. The van der Waals surface area contributed by atoms with Crippen molar-refractivity contribution in [3.63, 3.8) is 0 Å². The van der Waals surface area contributed by atoms with Gasteiger partial charge in [0.25, 0.3) is 5.91 Å². The predicted molar refractivity (Wildman–Crippen MR) is 116 cm³/mol. The first-order valence-corrected chi connectivity index (χ1v) is 11.3. The number of benzene rings is 1. The molecule has 31 heavy (non-hydrogen) atoms. The number of hydrogen-bond acceptors (Lipinski definition) is 5. The molecule has 3 fully saturated rings. The topological polar surface area (TPSA) is 91.0 Å². The molecule has 2 N–H and O–H groups in total. The Morgan fingerprint density at radius 2 is 1.90 bits per heavy atom. The molecule has 3 amide bonds. The zero-order valence-electron chi connectivity index (χ0n) is 18.1. The molecule has 0 aliphatic carbocycles. The summed E-state index contributed by atoms with van der Waals surface area (Å²) in [6.07, 6.45) is 5.21. The van der Waals surface area contributed by atoms with Crippen molar-refractivity contribution in [3.05, 3.63) is 29.8 Å². The quantitative estimate of drug-likeness (QED) is 0.710. The maximum atomic E-state index is 12.6. The van der Waals surface area contributed by atoms with Gasteiger partial charge in [0.05, 0.1) is 13.2 Å². The average Bonchev–Trinajstić information content (AvgIpc) is 3.23. The van der Waals surface area contributed by atoms with Crippen LogP contribution in [0.5, 0.6) is 5.75 Å². The first kappa shape index (κ1) is 21.6. The SMILES string of the molecule is COc1ccc(C(=O)N[C@@H]2C[C@H]3C(=O)NC[C@@H](CCC(=O)N4CCCCC4)N3C2)cc1. The zero-order chi connectivity index (χ0) is 21.8. The molecule has 3 heterocycles. The lowest BCUT2D eigenvalue weighted by molar-refractivity contribution is -0.133. The summed E-state index contributed by atoms with van der Waals surface area (Å²) in [5.74, 6) is 0.786. The summed E-state index contributed by atoms with van der Waals surface area (Å²) < 4.78 is 5.14. The third kappa shape index (κ3) is 5.01. The van der Waals surface area contributed by atoms with Gasteiger partial charge in [-0.05, 0) is 56.4 Å². The minimum atomic E-state index is -0.245. The number of piperidine rings is 1. The Morgan fingerprint density at radius 3 is 2.61 bits per heavy atom. The molecule has 8 heteroatoms. The van der Waals surface area contributed by atoms with E-state index < -0.39 is 0 Å². The van der Waals surface area contributed by atoms with E-state index in [1.165, 1.54) is 6.42 Å². The molecule has 0 saturated carbocycles. The second-order valence-electron chi connectivity index (χ2n) is 8.73. The van der Waals surface area contributed by atoms with E-state index in [1.807, 2.05) is 4.90 Å². The average molecular weight is 429 g/mol. The maximum absolute atomic E-state index is 12.6. The van der Waals surface area contributed by atoms with E-state index in [1.54, 1.807) is 31.4 Å². The Morgan fingerprint density at radius 1 is 1.16 bits per heavy atom. The minimum Gasteiger partial charge on any atom is -0.497 e. The molecule has 3 aliphatic rings. The smallest absolute Gasteiger partial charge is 0.251 e. The number of amides is 3. The molecule has 3 saturated heterocycles. The summed E-state index contributed by atoms with van der Waals surface area (Å²) in [6, 6.07) is 6.77. The van der Waals surface area contributed by atoms with Crippen molar-refractivity contribution in [2.75, 3.05) is 33.3 Å². The van der Waals surface area contributed by atoms with E-state index in [4.69, 9.17) is 4.74 Å². The summed E-state index contributed by atoms with van der Waals surface area (Å²) in [4.78, 5) is 41.8. The number of methoxy groups -OCH3 is 1. The zero-order valence-corrected chi connectivity index (χ0v) is 18.1. The van der Waals surface area contributed by atoms with Gasteiger partial charge >= 0.3 is 0 Å². The van der Waals surface area contributed by atoms with Crippen molar-refractivity contribution in [2.45, 2.75) is 56.7 Å². The van der Waals surface area contributed by atoms with Gasteiger partial charge in [-0.25, -0.2) is 0 Å². The molecule has 0 aromatic heterocycles. The van der Waals surface area contributed by atoms with E-state index in [9.17, 15) is 14.4 Å². The number of likely N-dealkylation sites (tertiary alicyclic amines) is 1. The number of nitrogens with zero attached hydrogens (tertiary/aromatic N) is 2. The molecule has 168 valence electrons. The molecule has 4 rings (SSSR count). The highest BCUT2D eigenvalue weighted by Crippen LogP contribution is 2.26. The molecule has 0 radical (unpaired) electrons. The van der Waals surface area contributed by atoms with E-state index in [0.717, 1.165) is 32.4 Å². The monoisotopic (exact) mass is 428 g/mol. The first-order valence-electron chi connectivity index (χ1n) is 11.3. The van der Waals surface area contributed by atoms with Crippen molar-refractivity contribution < 1.29 is 19.1 Å². The highest BCUT2D eigenvalue weighted by molar-refractivity contribution is 5.94. The number of nitrogens with one attached hydrogen (secondary N) is 2. The first-order chi connectivity index (χ1) is 15.0. The fourth-order valence-corrected chi connectivity index (χ4v) is 4.95. The van der Waals surface area contributed by atoms with Crippen LogP contribution < -0.4 is 15.4 Å². The van der Waals surface area contributed by atoms with Crippen LogP contribution in [-0.2, 0) is 9.59 Å². The lowest BCUT2D eigenvalue weighted by Crippen LogP contribution is -2.58. The molecule has 0 unspecified atom stereocenters. The third-order valence-electron chi connectivity index (χ3n) is 6.71. The van der Waals surface area contributed by atoms with E-state index in [-0.39, 0.29) is 35.8 Å². The molecule has 1 aromatic carbocycles. The van der Waals surface area contributed by atoms with E-state index in [0.29, 0.717) is 37.2 Å². The van der Waals surface area contributed by atoms with Crippen molar-refractivity contribution >= 4 is 17.7 Å². The Bertz CT molecular complexity index is 806. The van der Waals surface area contributed by atoms with Crippen LogP contribution in [0.15, 0.2) is 24.3 Å². The highest BCUT2D eigenvalue weighted by atomic mass is 16.5. The largest absolute Gasteiger partial charge is 0.497 e. The Balaban J connectivity index is 1.33. The Kier molecular flexibility index (Phi) is 6.75. The predicted octanol–water partition coefficient (Wildman–Crippen LogP) is 1.16. The van der Waals surface area contributed by atoms with Gasteiger partial charge in [-0.2, -0.15) is 0 Å². The summed E-state index contributed by atoms with van der Waals surface area (Å²) in [5.41, 5.74) is 0.568. The van der Waals surface area contributed by atoms with Crippen molar-refractivity contribution in [2.24, 2.45) is 0 Å². The summed E-state index contributed by atoms with van der Waals surface area (Å²) in [5, 5.41) is 6.06. The van der Waals surface area contributed by atoms with Gasteiger partial charge in [0, 0.05) is 50.2 Å². The molecular weight excluding hydrogens is 396 g/mol. The van der Waals surface area contributed by atoms with Gasteiger partial charge in [-0.1, -0.05) is 0 Å². The van der Waals surface area contributed by atoms with Crippen LogP contribution in [-0.4, -0.2) is 78.9 Å². The second kappa shape index (κ2) is 9.68. The third-order valence-corrected chi connectivity index (χ3v) is 6.71. The fraction of sp³-hybridized carbons (Fsp3) is 0.609. The Labute approximate surface area is 183 Å². The van der Waals surface area contributed by atoms with Crippen LogP contribution in [0.2, 0.25) is 0 Å². The molecule has 3 atom stereocenters. The number of rotatable bonds is 6. The number of carbonyl (C=O) groups excluding carboxylic acids is 3. The van der Waals surface area contributed by atoms with Crippen molar-refractivity contribution in [1.82, 2.24) is 20.4 Å². The fourth-order valence-electron chi connectivity index (χ4n) is 4.95. The standard InChI is InChI=1S/C23H32N4O4/c1-31-19-8-5-16(6-9-19)22(29)25-17-13-20-23(30)24-14-18(27(20)15-17)7-10-21(28)26-11-3-2-4-12-26/h5-6,8-9,17-18,20H,2-4,7,10-15H2,1H3,(H,24,30)(H,25,29)/t17-,18-,20+/m1/s1. The van der Waals surface area contributed by atoms with E-state index >= 15 is 0 Å². The van der Waals surface area contributed by atoms with Crippen LogP contribution in [0.3, 0.4) is 0 Å². The lowest BCUT2D eigenvalue weighted by atomic mass is 10.0. The summed E-state index contributed by atoms with van der Waals surface area (Å²) in [6.45, 7) is 2.92. The molecular formula is C23H32N4O4. The lowest BCUT2D eigenvalue weighted by Gasteiger charge is -2.37. The summed E-state index contributed by atoms with van der Waals surface area (Å²) >= 11 is 0. The molecule has 0 spiro atoms.